The average molecular weight is 252 g/mol. The molecule has 0 rings (SSSR count). The summed E-state index contributed by atoms with van der Waals surface area (Å²) in [6.07, 6.45) is 0.648. The van der Waals surface area contributed by atoms with Gasteiger partial charge >= 0.3 is 0 Å². The second-order valence-electron chi connectivity index (χ2n) is 2.75. The van der Waals surface area contributed by atoms with Gasteiger partial charge in [-0.15, -0.1) is 0 Å². The molecule has 5 heteroatoms. The highest BCUT2D eigenvalue weighted by Gasteiger charge is 1.94. The number of hydrogen-bond acceptors (Lipinski definition) is 5. The van der Waals surface area contributed by atoms with Gasteiger partial charge in [-0.2, -0.15) is 0 Å². The predicted molar refractivity (Wildman–Crippen MR) is 67.9 cm³/mol. The molecule has 0 radical (unpaired) electrons. The van der Waals surface area contributed by atoms with E-state index in [-0.39, 0.29) is 12.6 Å². The van der Waals surface area contributed by atoms with Crippen LogP contribution in [0.25, 0.3) is 0 Å². The summed E-state index contributed by atoms with van der Waals surface area (Å²) in [7, 11) is 3.21. The van der Waals surface area contributed by atoms with E-state index in [1.807, 2.05) is 27.7 Å². The van der Waals surface area contributed by atoms with E-state index in [4.69, 9.17) is 14.3 Å². The van der Waals surface area contributed by atoms with Gasteiger partial charge < -0.3 is 23.7 Å². The number of methoxy groups -OCH3 is 2. The van der Waals surface area contributed by atoms with Crippen molar-refractivity contribution >= 4 is 6.29 Å². The lowest BCUT2D eigenvalue weighted by atomic mass is 10.7. The number of ether oxygens (including phenoxy) is 4. The Morgan fingerprint density at radius 3 is 1.35 bits per heavy atom. The maximum Gasteiger partial charge on any atom is 0.154 e. The summed E-state index contributed by atoms with van der Waals surface area (Å²) in [4.78, 5) is 8.81. The summed E-state index contributed by atoms with van der Waals surface area (Å²) in [6.45, 7) is 10.5. The summed E-state index contributed by atoms with van der Waals surface area (Å²) in [5.41, 5.74) is 0. The van der Waals surface area contributed by atoms with Gasteiger partial charge in [0.25, 0.3) is 0 Å². The van der Waals surface area contributed by atoms with Gasteiger partial charge in [-0.3, -0.25) is 0 Å². The van der Waals surface area contributed by atoms with Gasteiger partial charge in [-0.05, 0) is 34.6 Å². The summed E-state index contributed by atoms with van der Waals surface area (Å²) in [5.74, 6) is 0. The minimum Gasteiger partial charge on any atom is -0.356 e. The minimum absolute atomic E-state index is 0.0370. The molecule has 17 heavy (non-hydrogen) atoms. The fraction of sp³-hybridized carbons (Fsp3) is 0.917. The minimum atomic E-state index is -0.0648. The SMILES string of the molecule is CC=O.CCOC(C)OCC.COC(C)OC. The Labute approximate surface area is 105 Å². The Kier molecular flexibility index (Phi) is 26.7. The number of carbonyl (C=O) groups excluding carboxylic acids is 1. The highest BCUT2D eigenvalue weighted by atomic mass is 16.7. The second-order valence-corrected chi connectivity index (χ2v) is 2.75. The molecule has 0 spiro atoms. The zero-order chi connectivity index (χ0) is 14.1. The smallest absolute Gasteiger partial charge is 0.154 e. The largest absolute Gasteiger partial charge is 0.356 e. The fourth-order valence-electron chi connectivity index (χ4n) is 0.614. The topological polar surface area (TPSA) is 54.0 Å². The van der Waals surface area contributed by atoms with Crippen LogP contribution in [0.4, 0.5) is 0 Å². The Morgan fingerprint density at radius 2 is 1.24 bits per heavy atom. The first kappa shape index (κ1) is 21.8. The van der Waals surface area contributed by atoms with Crippen molar-refractivity contribution in [2.75, 3.05) is 27.4 Å². The highest BCUT2D eigenvalue weighted by molar-refractivity contribution is 5.44. The number of hydrogen-bond donors (Lipinski definition) is 0. The third kappa shape index (κ3) is 31.3. The second kappa shape index (κ2) is 20.9. The summed E-state index contributed by atoms with van der Waals surface area (Å²) >= 11 is 0. The molecule has 0 aliphatic heterocycles. The molecule has 0 saturated carbocycles. The lowest BCUT2D eigenvalue weighted by molar-refractivity contribution is -0.123. The molecule has 0 bridgehead atoms. The van der Waals surface area contributed by atoms with Gasteiger partial charge in [0.2, 0.25) is 0 Å². The van der Waals surface area contributed by atoms with E-state index in [1.165, 1.54) is 6.92 Å². The first-order valence-corrected chi connectivity index (χ1v) is 5.72. The molecular weight excluding hydrogens is 224 g/mol. The number of rotatable bonds is 6. The Morgan fingerprint density at radius 1 is 0.941 bits per heavy atom. The highest BCUT2D eigenvalue weighted by Crippen LogP contribution is 1.90. The zero-order valence-electron chi connectivity index (χ0n) is 12.2. The van der Waals surface area contributed by atoms with Crippen molar-refractivity contribution in [2.45, 2.75) is 47.2 Å². The monoisotopic (exact) mass is 252 g/mol. The molecule has 0 aliphatic rings. The summed E-state index contributed by atoms with van der Waals surface area (Å²) in [5, 5.41) is 0. The molecule has 0 unspecified atom stereocenters. The Balaban J connectivity index is -0.000000193. The van der Waals surface area contributed by atoms with Crippen molar-refractivity contribution in [1.82, 2.24) is 0 Å². The van der Waals surface area contributed by atoms with E-state index in [9.17, 15) is 0 Å². The van der Waals surface area contributed by atoms with E-state index in [2.05, 4.69) is 9.47 Å². The molecule has 106 valence electrons. The normalized spacial score (nSPS) is 9.24. The van der Waals surface area contributed by atoms with Gasteiger partial charge in [0.15, 0.2) is 12.6 Å². The molecule has 0 aromatic rings. The molecule has 0 atom stereocenters. The third-order valence-electron chi connectivity index (χ3n) is 1.47. The van der Waals surface area contributed by atoms with Crippen LogP contribution in [-0.2, 0) is 23.7 Å². The van der Waals surface area contributed by atoms with Gasteiger partial charge in [-0.1, -0.05) is 0 Å². The van der Waals surface area contributed by atoms with Crippen LogP contribution < -0.4 is 0 Å². The van der Waals surface area contributed by atoms with Crippen molar-refractivity contribution in [3.8, 4) is 0 Å². The van der Waals surface area contributed by atoms with E-state index in [0.717, 1.165) is 19.5 Å². The van der Waals surface area contributed by atoms with E-state index in [0.29, 0.717) is 0 Å². The van der Waals surface area contributed by atoms with Crippen LogP contribution in [0.1, 0.15) is 34.6 Å². The quantitative estimate of drug-likeness (QED) is 0.536. The van der Waals surface area contributed by atoms with Gasteiger partial charge in [-0.25, -0.2) is 0 Å². The lowest BCUT2D eigenvalue weighted by Crippen LogP contribution is -2.11. The molecule has 0 saturated heterocycles. The van der Waals surface area contributed by atoms with E-state index >= 15 is 0 Å². The molecule has 0 amide bonds. The van der Waals surface area contributed by atoms with Gasteiger partial charge in [0.05, 0.1) is 0 Å². The van der Waals surface area contributed by atoms with Crippen molar-refractivity contribution < 1.29 is 23.7 Å². The van der Waals surface area contributed by atoms with Crippen LogP contribution >= 0.6 is 0 Å². The van der Waals surface area contributed by atoms with Crippen LogP contribution in [-0.4, -0.2) is 46.3 Å². The molecule has 5 nitrogen and oxygen atoms in total. The lowest BCUT2D eigenvalue weighted by Gasteiger charge is -2.09. The Hall–Kier alpha value is -0.490. The molecule has 0 heterocycles. The maximum atomic E-state index is 8.81. The van der Waals surface area contributed by atoms with Crippen LogP contribution in [0.5, 0.6) is 0 Å². The van der Waals surface area contributed by atoms with Crippen LogP contribution in [0.3, 0.4) is 0 Å². The van der Waals surface area contributed by atoms with E-state index in [1.54, 1.807) is 14.2 Å². The number of carbonyl (C=O) groups is 1. The first-order valence-electron chi connectivity index (χ1n) is 5.72. The predicted octanol–water partition coefficient (Wildman–Crippen LogP) is 2.24. The molecular formula is C12H28O5. The molecule has 0 aromatic carbocycles. The average Bonchev–Trinajstić information content (AvgIpc) is 2.30. The Bertz CT molecular complexity index is 120. The molecule has 0 aliphatic carbocycles. The van der Waals surface area contributed by atoms with Crippen LogP contribution in [0.2, 0.25) is 0 Å². The van der Waals surface area contributed by atoms with Gasteiger partial charge in [0.1, 0.15) is 6.29 Å². The van der Waals surface area contributed by atoms with Gasteiger partial charge in [0, 0.05) is 27.4 Å². The van der Waals surface area contributed by atoms with Crippen molar-refractivity contribution in [3.05, 3.63) is 0 Å². The number of aldehydes is 1. The molecule has 0 N–H and O–H groups in total. The molecule has 0 fully saturated rings. The first-order chi connectivity index (χ1) is 8.03. The summed E-state index contributed by atoms with van der Waals surface area (Å²) < 4.78 is 19.5. The third-order valence-corrected chi connectivity index (χ3v) is 1.47. The van der Waals surface area contributed by atoms with E-state index < -0.39 is 0 Å². The molecule has 0 aromatic heterocycles. The van der Waals surface area contributed by atoms with Crippen molar-refractivity contribution in [3.63, 3.8) is 0 Å². The van der Waals surface area contributed by atoms with Crippen LogP contribution in [0, 0.1) is 0 Å². The fourth-order valence-corrected chi connectivity index (χ4v) is 0.614. The maximum absolute atomic E-state index is 8.81. The van der Waals surface area contributed by atoms with Crippen molar-refractivity contribution in [1.29, 1.82) is 0 Å². The standard InChI is InChI=1S/C6H14O2.C4H10O2.C2H4O/c1-4-7-6(3)8-5-2;1-4(5-2)6-3;1-2-3/h6H,4-5H2,1-3H3;4H,1-3H3;2H,1H3. The van der Waals surface area contributed by atoms with Crippen LogP contribution in [0.15, 0.2) is 0 Å². The van der Waals surface area contributed by atoms with Crippen molar-refractivity contribution in [2.24, 2.45) is 0 Å². The summed E-state index contributed by atoms with van der Waals surface area (Å²) in [6, 6.07) is 0. The zero-order valence-corrected chi connectivity index (χ0v) is 12.2.